The molecule has 0 aliphatic carbocycles. The molecule has 0 amide bonds. The molecule has 0 radical (unpaired) electrons. The van der Waals surface area contributed by atoms with Gasteiger partial charge in [0.15, 0.2) is 5.75 Å². The molecule has 2 heterocycles. The summed E-state index contributed by atoms with van der Waals surface area (Å²) in [6.07, 6.45) is 0.835. The Kier molecular flexibility index (Phi) is 3.21. The maximum absolute atomic E-state index is 9.08. The number of nitriles is 1. The van der Waals surface area contributed by atoms with Crippen LogP contribution in [0.15, 0.2) is 46.2 Å². The number of hydrogen-bond donors (Lipinski definition) is 0. The van der Waals surface area contributed by atoms with E-state index in [1.165, 1.54) is 4.88 Å². The minimum atomic E-state index is 0.243. The highest BCUT2D eigenvalue weighted by molar-refractivity contribution is 7.09. The van der Waals surface area contributed by atoms with Crippen LogP contribution in [0.5, 0.6) is 5.75 Å². The molecule has 0 bridgehead atoms. The fourth-order valence-electron chi connectivity index (χ4n) is 1.95. The molecule has 0 fully saturated rings. The Morgan fingerprint density at radius 1 is 1.21 bits per heavy atom. The lowest BCUT2D eigenvalue weighted by Crippen LogP contribution is -2.00. The Hall–Kier alpha value is -2.25. The zero-order chi connectivity index (χ0) is 13.1. The summed E-state index contributed by atoms with van der Waals surface area (Å²) in [5.74, 6) is 0.794. The Balaban J connectivity index is 1.82. The second-order valence-electron chi connectivity index (χ2n) is 4.05. The van der Waals surface area contributed by atoms with Crippen molar-refractivity contribution < 1.29 is 9.15 Å². The standard InChI is InChI=1S/C15H11NO2S/c16-10-14-15(12-5-1-2-6-13(12)18-14)17-8-7-11-4-3-9-19-11/h1-6,9H,7-8H2. The van der Waals surface area contributed by atoms with Gasteiger partial charge in [0.2, 0.25) is 5.76 Å². The molecule has 0 spiro atoms. The minimum Gasteiger partial charge on any atom is -0.488 e. The first kappa shape index (κ1) is 11.8. The van der Waals surface area contributed by atoms with Gasteiger partial charge in [-0.1, -0.05) is 18.2 Å². The fraction of sp³-hybridized carbons (Fsp3) is 0.133. The third-order valence-corrected chi connectivity index (χ3v) is 3.76. The van der Waals surface area contributed by atoms with E-state index in [1.54, 1.807) is 11.3 Å². The van der Waals surface area contributed by atoms with Crippen LogP contribution in [0.25, 0.3) is 11.0 Å². The summed E-state index contributed by atoms with van der Waals surface area (Å²) < 4.78 is 11.2. The highest BCUT2D eigenvalue weighted by Gasteiger charge is 2.14. The topological polar surface area (TPSA) is 46.2 Å². The number of nitrogens with zero attached hydrogens (tertiary/aromatic N) is 1. The quantitative estimate of drug-likeness (QED) is 0.719. The van der Waals surface area contributed by atoms with Crippen LogP contribution in [-0.2, 0) is 6.42 Å². The van der Waals surface area contributed by atoms with E-state index >= 15 is 0 Å². The molecule has 0 N–H and O–H groups in total. The molecular weight excluding hydrogens is 258 g/mol. The number of rotatable bonds is 4. The first-order valence-corrected chi connectivity index (χ1v) is 6.83. The lowest BCUT2D eigenvalue weighted by atomic mass is 10.2. The van der Waals surface area contributed by atoms with Gasteiger partial charge in [-0.2, -0.15) is 5.26 Å². The number of para-hydroxylation sites is 1. The number of furan rings is 1. The zero-order valence-electron chi connectivity index (χ0n) is 10.1. The Labute approximate surface area is 114 Å². The van der Waals surface area contributed by atoms with Gasteiger partial charge in [0, 0.05) is 11.3 Å². The molecule has 3 rings (SSSR count). The first-order valence-electron chi connectivity index (χ1n) is 5.95. The lowest BCUT2D eigenvalue weighted by molar-refractivity contribution is 0.320. The van der Waals surface area contributed by atoms with Gasteiger partial charge in [-0.15, -0.1) is 11.3 Å². The van der Waals surface area contributed by atoms with Gasteiger partial charge in [-0.3, -0.25) is 0 Å². The molecule has 0 atom stereocenters. The number of ether oxygens (including phenoxy) is 1. The SMILES string of the molecule is N#Cc1oc2ccccc2c1OCCc1cccs1. The predicted octanol–water partition coefficient (Wildman–Crippen LogP) is 3.99. The van der Waals surface area contributed by atoms with Crippen LogP contribution in [0.1, 0.15) is 10.6 Å². The Morgan fingerprint density at radius 2 is 2.11 bits per heavy atom. The van der Waals surface area contributed by atoms with E-state index < -0.39 is 0 Å². The summed E-state index contributed by atoms with van der Waals surface area (Å²) in [7, 11) is 0. The van der Waals surface area contributed by atoms with Crippen molar-refractivity contribution in [3.8, 4) is 11.8 Å². The first-order chi connectivity index (χ1) is 9.38. The number of hydrogen-bond acceptors (Lipinski definition) is 4. The van der Waals surface area contributed by atoms with Crippen molar-refractivity contribution in [2.45, 2.75) is 6.42 Å². The van der Waals surface area contributed by atoms with Crippen LogP contribution in [0.4, 0.5) is 0 Å². The monoisotopic (exact) mass is 269 g/mol. The number of thiophene rings is 1. The molecule has 4 heteroatoms. The van der Waals surface area contributed by atoms with Gasteiger partial charge < -0.3 is 9.15 Å². The summed E-state index contributed by atoms with van der Waals surface area (Å²) in [5.41, 5.74) is 0.685. The maximum Gasteiger partial charge on any atom is 0.246 e. The highest BCUT2D eigenvalue weighted by atomic mass is 32.1. The zero-order valence-corrected chi connectivity index (χ0v) is 10.9. The molecular formula is C15H11NO2S. The van der Waals surface area contributed by atoms with E-state index in [0.29, 0.717) is 17.9 Å². The van der Waals surface area contributed by atoms with Crippen LogP contribution >= 0.6 is 11.3 Å². The largest absolute Gasteiger partial charge is 0.488 e. The molecule has 94 valence electrons. The minimum absolute atomic E-state index is 0.243. The summed E-state index contributed by atoms with van der Waals surface area (Å²) in [6.45, 7) is 0.540. The van der Waals surface area contributed by atoms with Gasteiger partial charge in [-0.25, -0.2) is 0 Å². The second-order valence-corrected chi connectivity index (χ2v) is 5.08. The summed E-state index contributed by atoms with van der Waals surface area (Å²) in [6, 6.07) is 13.7. The van der Waals surface area contributed by atoms with E-state index in [-0.39, 0.29) is 5.76 Å². The Bertz CT molecular complexity index is 722. The van der Waals surface area contributed by atoms with Crippen molar-refractivity contribution in [1.82, 2.24) is 0 Å². The van der Waals surface area contributed by atoms with Crippen molar-refractivity contribution in [3.05, 3.63) is 52.4 Å². The third kappa shape index (κ3) is 2.33. The highest BCUT2D eigenvalue weighted by Crippen LogP contribution is 2.32. The average molecular weight is 269 g/mol. The van der Waals surface area contributed by atoms with Gasteiger partial charge in [-0.05, 0) is 23.6 Å². The third-order valence-electron chi connectivity index (χ3n) is 2.83. The fourth-order valence-corrected chi connectivity index (χ4v) is 2.64. The summed E-state index contributed by atoms with van der Waals surface area (Å²) in [5, 5.41) is 12.0. The van der Waals surface area contributed by atoms with Crippen molar-refractivity contribution in [1.29, 1.82) is 5.26 Å². The van der Waals surface area contributed by atoms with Crippen LogP contribution in [0, 0.1) is 11.3 Å². The Morgan fingerprint density at radius 3 is 2.89 bits per heavy atom. The van der Waals surface area contributed by atoms with Crippen LogP contribution in [0.3, 0.4) is 0 Å². The predicted molar refractivity (Wildman–Crippen MR) is 74.4 cm³/mol. The molecule has 0 aliphatic rings. The molecule has 2 aromatic heterocycles. The van der Waals surface area contributed by atoms with Gasteiger partial charge in [0.1, 0.15) is 11.7 Å². The summed E-state index contributed by atoms with van der Waals surface area (Å²) >= 11 is 1.71. The normalized spacial score (nSPS) is 10.5. The molecule has 0 aliphatic heterocycles. The van der Waals surface area contributed by atoms with Crippen molar-refractivity contribution in [3.63, 3.8) is 0 Å². The number of fused-ring (bicyclic) bond motifs is 1. The van der Waals surface area contributed by atoms with E-state index in [4.69, 9.17) is 14.4 Å². The van der Waals surface area contributed by atoms with E-state index in [2.05, 4.69) is 6.07 Å². The summed E-state index contributed by atoms with van der Waals surface area (Å²) in [4.78, 5) is 1.27. The maximum atomic E-state index is 9.08. The van der Waals surface area contributed by atoms with Gasteiger partial charge >= 0.3 is 0 Å². The van der Waals surface area contributed by atoms with E-state index in [0.717, 1.165) is 11.8 Å². The molecule has 0 saturated heterocycles. The number of benzene rings is 1. The van der Waals surface area contributed by atoms with Crippen molar-refractivity contribution in [2.75, 3.05) is 6.61 Å². The smallest absolute Gasteiger partial charge is 0.246 e. The lowest BCUT2D eigenvalue weighted by Gasteiger charge is -2.03. The van der Waals surface area contributed by atoms with Crippen molar-refractivity contribution >= 4 is 22.3 Å². The van der Waals surface area contributed by atoms with Crippen molar-refractivity contribution in [2.24, 2.45) is 0 Å². The molecule has 3 nitrogen and oxygen atoms in total. The van der Waals surface area contributed by atoms with Gasteiger partial charge in [0.05, 0.1) is 12.0 Å². The molecule has 1 aromatic carbocycles. The average Bonchev–Trinajstić information content (AvgIpc) is 3.06. The van der Waals surface area contributed by atoms with Gasteiger partial charge in [0.25, 0.3) is 0 Å². The molecule has 0 saturated carbocycles. The van der Waals surface area contributed by atoms with Crippen LogP contribution < -0.4 is 4.74 Å². The van der Waals surface area contributed by atoms with E-state index in [9.17, 15) is 0 Å². The van der Waals surface area contributed by atoms with E-state index in [1.807, 2.05) is 41.8 Å². The van der Waals surface area contributed by atoms with Crippen LogP contribution in [0.2, 0.25) is 0 Å². The molecule has 0 unspecified atom stereocenters. The molecule has 3 aromatic rings. The second kappa shape index (κ2) is 5.17. The van der Waals surface area contributed by atoms with Crippen LogP contribution in [-0.4, -0.2) is 6.61 Å². The molecule has 19 heavy (non-hydrogen) atoms.